The molecule has 1 amide bonds. The van der Waals surface area contributed by atoms with Crippen LogP contribution in [0.25, 0.3) is 10.1 Å². The number of hydrogen-bond donors (Lipinski definition) is 0. The van der Waals surface area contributed by atoms with Crippen LogP contribution in [0.2, 0.25) is 0 Å². The third-order valence-corrected chi connectivity index (χ3v) is 5.56. The first kappa shape index (κ1) is 19.3. The van der Waals surface area contributed by atoms with E-state index in [9.17, 15) is 9.18 Å². The number of amides is 1. The zero-order valence-electron chi connectivity index (χ0n) is 15.6. The van der Waals surface area contributed by atoms with E-state index in [0.717, 1.165) is 16.0 Å². The number of likely N-dealkylation sites (N-methyl/N-ethyl adjacent to an activating group) is 1. The van der Waals surface area contributed by atoms with E-state index in [-0.39, 0.29) is 18.3 Å². The number of para-hydroxylation sites is 1. The number of thiophene rings is 1. The lowest BCUT2D eigenvalue weighted by Crippen LogP contribution is -2.31. The molecule has 0 saturated heterocycles. The van der Waals surface area contributed by atoms with Gasteiger partial charge in [-0.25, -0.2) is 4.39 Å². The third-order valence-electron chi connectivity index (χ3n) is 4.37. The second kappa shape index (κ2) is 8.50. The lowest BCUT2D eigenvalue weighted by atomic mass is 10.1. The highest BCUT2D eigenvalue weighted by Crippen LogP contribution is 2.34. The monoisotopic (exact) mass is 387 g/mol. The minimum atomic E-state index is -0.333. The number of aryl methyl sites for hydroxylation is 1. The molecule has 1 aromatic heterocycles. The number of rotatable bonds is 7. The van der Waals surface area contributed by atoms with Crippen LogP contribution in [0.15, 0.2) is 42.5 Å². The van der Waals surface area contributed by atoms with Crippen molar-refractivity contribution in [2.24, 2.45) is 0 Å². The number of benzene rings is 2. The molecule has 142 valence electrons. The minimum Gasteiger partial charge on any atom is -0.491 e. The van der Waals surface area contributed by atoms with Crippen molar-refractivity contribution < 1.29 is 18.7 Å². The van der Waals surface area contributed by atoms with Gasteiger partial charge in [-0.3, -0.25) is 4.79 Å². The molecule has 0 aliphatic rings. The summed E-state index contributed by atoms with van der Waals surface area (Å²) in [4.78, 5) is 15.0. The van der Waals surface area contributed by atoms with Crippen LogP contribution >= 0.6 is 11.3 Å². The van der Waals surface area contributed by atoms with Gasteiger partial charge in [0.05, 0.1) is 18.0 Å². The van der Waals surface area contributed by atoms with E-state index in [1.54, 1.807) is 25.1 Å². The van der Waals surface area contributed by atoms with Crippen molar-refractivity contribution in [3.05, 3.63) is 64.3 Å². The Bertz CT molecular complexity index is 954. The zero-order valence-corrected chi connectivity index (χ0v) is 16.4. The first-order valence-corrected chi connectivity index (χ1v) is 9.47. The Balaban J connectivity index is 1.75. The Labute approximate surface area is 162 Å². The molecule has 0 aliphatic carbocycles. The number of hydrogen-bond acceptors (Lipinski definition) is 4. The molecular weight excluding hydrogens is 365 g/mol. The molecule has 0 atom stereocenters. The maximum absolute atomic E-state index is 14.3. The number of fused-ring (bicyclic) bond motifs is 1. The molecule has 6 heteroatoms. The van der Waals surface area contributed by atoms with Crippen molar-refractivity contribution in [3.63, 3.8) is 0 Å². The van der Waals surface area contributed by atoms with Gasteiger partial charge in [0.2, 0.25) is 0 Å². The number of carbonyl (C=O) groups excluding carboxylic acids is 1. The Hall–Kier alpha value is -2.44. The Kier molecular flexibility index (Phi) is 6.08. The lowest BCUT2D eigenvalue weighted by molar-refractivity contribution is 0.0774. The summed E-state index contributed by atoms with van der Waals surface area (Å²) in [6.07, 6.45) is 0. The first-order valence-electron chi connectivity index (χ1n) is 8.65. The molecule has 0 unspecified atom stereocenters. The molecule has 0 fully saturated rings. The number of halogens is 1. The molecule has 0 aliphatic heterocycles. The summed E-state index contributed by atoms with van der Waals surface area (Å²) in [6.45, 7) is 2.98. The molecule has 2 aromatic carbocycles. The molecule has 0 saturated carbocycles. The molecule has 3 aromatic rings. The van der Waals surface area contributed by atoms with Gasteiger partial charge >= 0.3 is 0 Å². The molecule has 0 bridgehead atoms. The van der Waals surface area contributed by atoms with E-state index in [1.807, 2.05) is 37.3 Å². The largest absolute Gasteiger partial charge is 0.491 e. The molecule has 3 rings (SSSR count). The second-order valence-electron chi connectivity index (χ2n) is 6.30. The van der Waals surface area contributed by atoms with Gasteiger partial charge in [0.15, 0.2) is 0 Å². The molecule has 4 nitrogen and oxygen atoms in total. The Morgan fingerprint density at radius 2 is 1.96 bits per heavy atom. The van der Waals surface area contributed by atoms with Gasteiger partial charge in [-0.2, -0.15) is 0 Å². The van der Waals surface area contributed by atoms with Gasteiger partial charge in [-0.15, -0.1) is 11.3 Å². The molecule has 0 N–H and O–H groups in total. The van der Waals surface area contributed by atoms with Gasteiger partial charge in [0.25, 0.3) is 5.91 Å². The van der Waals surface area contributed by atoms with E-state index in [0.29, 0.717) is 29.0 Å². The summed E-state index contributed by atoms with van der Waals surface area (Å²) in [5, 5.41) is 0.470. The molecule has 0 radical (unpaired) electrons. The van der Waals surface area contributed by atoms with Crippen molar-refractivity contribution in [2.75, 3.05) is 27.3 Å². The van der Waals surface area contributed by atoms with Crippen LogP contribution in [0.5, 0.6) is 5.75 Å². The first-order chi connectivity index (χ1) is 13.0. The fourth-order valence-corrected chi connectivity index (χ4v) is 4.12. The van der Waals surface area contributed by atoms with Gasteiger partial charge in [-0.1, -0.05) is 24.3 Å². The SMILES string of the molecule is COCc1c(C(=O)N(C)CCOc2ccccc2C)sc2cccc(F)c12. The van der Waals surface area contributed by atoms with Gasteiger partial charge < -0.3 is 14.4 Å². The van der Waals surface area contributed by atoms with Crippen LogP contribution in [0, 0.1) is 12.7 Å². The summed E-state index contributed by atoms with van der Waals surface area (Å²) >= 11 is 1.29. The van der Waals surface area contributed by atoms with Gasteiger partial charge in [0, 0.05) is 29.8 Å². The van der Waals surface area contributed by atoms with Crippen molar-refractivity contribution in [1.29, 1.82) is 0 Å². The van der Waals surface area contributed by atoms with Crippen molar-refractivity contribution >= 4 is 27.3 Å². The predicted octanol–water partition coefficient (Wildman–Crippen LogP) is 4.65. The van der Waals surface area contributed by atoms with E-state index in [4.69, 9.17) is 9.47 Å². The fraction of sp³-hybridized carbons (Fsp3) is 0.286. The molecule has 0 spiro atoms. The summed E-state index contributed by atoms with van der Waals surface area (Å²) < 4.78 is 26.0. The standard InChI is InChI=1S/C21H22FNO3S/c1-14-7-4-5-9-17(14)26-12-11-23(2)21(24)20-15(13-25-3)19-16(22)8-6-10-18(19)27-20/h4-10H,11-13H2,1-3H3. The van der Waals surface area contributed by atoms with Gasteiger partial charge in [0.1, 0.15) is 18.2 Å². The van der Waals surface area contributed by atoms with Crippen LogP contribution in [0.1, 0.15) is 20.8 Å². The molecular formula is C21H22FNO3S. The quantitative estimate of drug-likeness (QED) is 0.593. The van der Waals surface area contributed by atoms with Crippen LogP contribution in [0.3, 0.4) is 0 Å². The summed E-state index contributed by atoms with van der Waals surface area (Å²) in [5.74, 6) is 0.318. The van der Waals surface area contributed by atoms with Crippen molar-refractivity contribution in [2.45, 2.75) is 13.5 Å². The van der Waals surface area contributed by atoms with Crippen molar-refractivity contribution in [1.82, 2.24) is 4.90 Å². The van der Waals surface area contributed by atoms with E-state index in [1.165, 1.54) is 17.4 Å². The average molecular weight is 387 g/mol. The van der Waals surface area contributed by atoms with E-state index < -0.39 is 0 Å². The molecule has 1 heterocycles. The summed E-state index contributed by atoms with van der Waals surface area (Å²) in [7, 11) is 3.26. The Morgan fingerprint density at radius 1 is 1.19 bits per heavy atom. The highest BCUT2D eigenvalue weighted by molar-refractivity contribution is 7.21. The number of ether oxygens (including phenoxy) is 2. The van der Waals surface area contributed by atoms with E-state index >= 15 is 0 Å². The topological polar surface area (TPSA) is 38.8 Å². The predicted molar refractivity (Wildman–Crippen MR) is 106 cm³/mol. The van der Waals surface area contributed by atoms with E-state index in [2.05, 4.69) is 0 Å². The maximum atomic E-state index is 14.3. The normalized spacial score (nSPS) is 11.0. The minimum absolute atomic E-state index is 0.156. The van der Waals surface area contributed by atoms with Gasteiger partial charge in [-0.05, 0) is 30.7 Å². The van der Waals surface area contributed by atoms with Crippen LogP contribution in [-0.2, 0) is 11.3 Å². The number of methoxy groups -OCH3 is 1. The molecule has 27 heavy (non-hydrogen) atoms. The smallest absolute Gasteiger partial charge is 0.264 e. The number of carbonyl (C=O) groups is 1. The van der Waals surface area contributed by atoms with Crippen molar-refractivity contribution in [3.8, 4) is 5.75 Å². The maximum Gasteiger partial charge on any atom is 0.264 e. The third kappa shape index (κ3) is 4.12. The highest BCUT2D eigenvalue weighted by atomic mass is 32.1. The van der Waals surface area contributed by atoms with Crippen LogP contribution in [-0.4, -0.2) is 38.1 Å². The second-order valence-corrected chi connectivity index (χ2v) is 7.35. The zero-order chi connectivity index (χ0) is 19.4. The average Bonchev–Trinajstić information content (AvgIpc) is 3.03. The summed E-state index contributed by atoms with van der Waals surface area (Å²) in [5.41, 5.74) is 1.65. The van der Waals surface area contributed by atoms with Crippen LogP contribution < -0.4 is 4.74 Å². The Morgan fingerprint density at radius 3 is 2.70 bits per heavy atom. The lowest BCUT2D eigenvalue weighted by Gasteiger charge is -2.18. The van der Waals surface area contributed by atoms with Crippen LogP contribution in [0.4, 0.5) is 4.39 Å². The summed E-state index contributed by atoms with van der Waals surface area (Å²) in [6, 6.07) is 12.6. The fourth-order valence-electron chi connectivity index (χ4n) is 2.91. The highest BCUT2D eigenvalue weighted by Gasteiger charge is 2.23. The number of nitrogens with zero attached hydrogens (tertiary/aromatic N) is 1.